The number of phosphoric acid groups is 2. The van der Waals surface area contributed by atoms with E-state index in [9.17, 15) is 43.2 Å². The van der Waals surface area contributed by atoms with Crippen molar-refractivity contribution in [3.05, 3.63) is 146 Å². The van der Waals surface area contributed by atoms with Gasteiger partial charge in [-0.15, -0.1) is 0 Å². The lowest BCUT2D eigenvalue weighted by molar-refractivity contribution is -0.161. The zero-order chi connectivity index (χ0) is 76.0. The van der Waals surface area contributed by atoms with Crippen LogP contribution in [-0.4, -0.2) is 96.7 Å². The maximum Gasteiger partial charge on any atom is 0.472 e. The maximum absolute atomic E-state index is 13.1. The molecule has 5 atom stereocenters. The number of phosphoric ester groups is 2. The molecule has 17 nitrogen and oxygen atoms in total. The number of hydrogen-bond donors (Lipinski definition) is 3. The highest BCUT2D eigenvalue weighted by Gasteiger charge is 2.30. The summed E-state index contributed by atoms with van der Waals surface area (Å²) >= 11 is 0. The van der Waals surface area contributed by atoms with Crippen LogP contribution in [0.25, 0.3) is 0 Å². The fraction of sp³-hybridized carbons (Fsp3) is 0.671. The number of hydrogen-bond acceptors (Lipinski definition) is 15. The Morgan fingerprint density at radius 2 is 0.500 bits per heavy atom. The minimum absolute atomic E-state index is 0.0676. The van der Waals surface area contributed by atoms with E-state index < -0.39 is 97.5 Å². The topological polar surface area (TPSA) is 237 Å². The van der Waals surface area contributed by atoms with Crippen LogP contribution in [0.3, 0.4) is 0 Å². The van der Waals surface area contributed by atoms with E-state index in [0.29, 0.717) is 25.7 Å². The molecule has 0 fully saturated rings. The summed E-state index contributed by atoms with van der Waals surface area (Å²) in [7, 11) is -9.98. The maximum atomic E-state index is 13.1. The Kier molecular flexibility index (Phi) is 72.4. The number of carbonyl (C=O) groups is 4. The third kappa shape index (κ3) is 75.2. The van der Waals surface area contributed by atoms with Crippen LogP contribution in [0.1, 0.15) is 310 Å². The molecule has 0 spiro atoms. The van der Waals surface area contributed by atoms with E-state index in [4.69, 9.17) is 37.0 Å². The Balaban J connectivity index is 5.40. The van der Waals surface area contributed by atoms with Gasteiger partial charge in [0.1, 0.15) is 19.3 Å². The van der Waals surface area contributed by atoms with Gasteiger partial charge in [-0.2, -0.15) is 0 Å². The molecule has 19 heteroatoms. The molecule has 0 aliphatic rings. The van der Waals surface area contributed by atoms with Crippen LogP contribution >= 0.6 is 15.6 Å². The van der Waals surface area contributed by atoms with Crippen molar-refractivity contribution in [2.24, 2.45) is 0 Å². The predicted octanol–water partition coefficient (Wildman–Crippen LogP) is 23.4. The van der Waals surface area contributed by atoms with Crippen molar-refractivity contribution in [1.29, 1.82) is 0 Å². The first kappa shape index (κ1) is 98.9. The minimum Gasteiger partial charge on any atom is -0.462 e. The molecule has 0 aromatic heterocycles. The van der Waals surface area contributed by atoms with Crippen molar-refractivity contribution in [1.82, 2.24) is 0 Å². The predicted molar refractivity (Wildman–Crippen MR) is 427 cm³/mol. The van der Waals surface area contributed by atoms with Gasteiger partial charge in [-0.1, -0.05) is 270 Å². The van der Waals surface area contributed by atoms with E-state index in [0.717, 1.165) is 205 Å². The van der Waals surface area contributed by atoms with Gasteiger partial charge in [-0.25, -0.2) is 9.13 Å². The third-order valence-electron chi connectivity index (χ3n) is 16.3. The SMILES string of the molecule is CC/C=C\C/C=C\C/C=C\C/C=C\CCCCCCCCC(=O)OCC(COP(=O)(O)OCC(O)COP(=O)(O)OCC(COC(=O)CCCCCC/C=C\C/C=C\C/C=C\C/C=C\CC)OC(=O)CCCCCCC/C=C\CCCCCC)OC(=O)CCCCCCC/C=C\C/C=C\C/C=C\CC. The van der Waals surface area contributed by atoms with Gasteiger partial charge in [0.15, 0.2) is 12.2 Å². The van der Waals surface area contributed by atoms with Crippen LogP contribution < -0.4 is 0 Å². The summed E-state index contributed by atoms with van der Waals surface area (Å²) in [5, 5.41) is 10.6. The molecule has 0 rings (SSSR count). The fourth-order valence-electron chi connectivity index (χ4n) is 10.3. The van der Waals surface area contributed by atoms with E-state index in [1.807, 2.05) is 0 Å². The summed E-state index contributed by atoms with van der Waals surface area (Å²) in [5.74, 6) is -2.25. The number of unbranched alkanes of at least 4 members (excludes halogenated alkanes) is 24. The van der Waals surface area contributed by atoms with Gasteiger partial charge in [-0.3, -0.25) is 37.3 Å². The molecule has 0 saturated carbocycles. The van der Waals surface area contributed by atoms with E-state index in [-0.39, 0.29) is 25.7 Å². The summed E-state index contributed by atoms with van der Waals surface area (Å²) in [6.07, 6.45) is 86.8. The van der Waals surface area contributed by atoms with Crippen LogP contribution in [0.15, 0.2) is 146 Å². The average molecular weight is 1500 g/mol. The van der Waals surface area contributed by atoms with Gasteiger partial charge in [0.05, 0.1) is 26.4 Å². The Morgan fingerprint density at radius 3 is 0.779 bits per heavy atom. The van der Waals surface area contributed by atoms with Crippen LogP contribution in [0, 0.1) is 0 Å². The zero-order valence-corrected chi connectivity index (χ0v) is 66.7. The van der Waals surface area contributed by atoms with Gasteiger partial charge in [0, 0.05) is 25.7 Å². The molecule has 0 radical (unpaired) electrons. The Morgan fingerprint density at radius 1 is 0.279 bits per heavy atom. The number of esters is 4. The average Bonchev–Trinajstić information content (AvgIpc) is 0.911. The van der Waals surface area contributed by atoms with Gasteiger partial charge in [-0.05, 0) is 161 Å². The van der Waals surface area contributed by atoms with Crippen molar-refractivity contribution in [3.63, 3.8) is 0 Å². The van der Waals surface area contributed by atoms with Crippen molar-refractivity contribution >= 4 is 39.5 Å². The van der Waals surface area contributed by atoms with Crippen molar-refractivity contribution in [2.45, 2.75) is 329 Å². The molecule has 0 saturated heterocycles. The van der Waals surface area contributed by atoms with Crippen molar-refractivity contribution in [2.75, 3.05) is 39.6 Å². The monoisotopic (exact) mass is 1500 g/mol. The lowest BCUT2D eigenvalue weighted by Gasteiger charge is -2.21. The first-order chi connectivity index (χ1) is 50.7. The third-order valence-corrected chi connectivity index (χ3v) is 18.2. The summed E-state index contributed by atoms with van der Waals surface area (Å²) in [6.45, 7) is 4.46. The van der Waals surface area contributed by atoms with Crippen LogP contribution in [0.5, 0.6) is 0 Å². The number of ether oxygens (including phenoxy) is 4. The second kappa shape index (κ2) is 76.1. The summed E-state index contributed by atoms with van der Waals surface area (Å²) in [5.41, 5.74) is 0. The number of allylic oxidation sites excluding steroid dienone is 24. The molecule has 0 aromatic rings. The molecule has 104 heavy (non-hydrogen) atoms. The van der Waals surface area contributed by atoms with E-state index in [2.05, 4.69) is 174 Å². The lowest BCUT2D eigenvalue weighted by Crippen LogP contribution is -2.30. The summed E-state index contributed by atoms with van der Waals surface area (Å²) < 4.78 is 68.6. The molecule has 0 aliphatic heterocycles. The number of rotatable bonds is 74. The molecular weight excluding hydrogens is 1350 g/mol. The highest BCUT2D eigenvalue weighted by atomic mass is 31.2. The molecule has 594 valence electrons. The second-order valence-electron chi connectivity index (χ2n) is 26.2. The van der Waals surface area contributed by atoms with E-state index in [1.165, 1.54) is 25.7 Å². The van der Waals surface area contributed by atoms with Gasteiger partial charge in [0.2, 0.25) is 0 Å². The van der Waals surface area contributed by atoms with Crippen molar-refractivity contribution < 1.29 is 80.2 Å². The summed E-state index contributed by atoms with van der Waals surface area (Å²) in [4.78, 5) is 73.0. The van der Waals surface area contributed by atoms with Crippen LogP contribution in [-0.2, 0) is 65.4 Å². The molecule has 0 bridgehead atoms. The largest absolute Gasteiger partial charge is 0.472 e. The quantitative estimate of drug-likeness (QED) is 0.0169. The fourth-order valence-corrected chi connectivity index (χ4v) is 11.8. The molecule has 0 aliphatic carbocycles. The molecule has 5 unspecified atom stereocenters. The highest BCUT2D eigenvalue weighted by Crippen LogP contribution is 2.45. The molecular formula is C85H142O17P2. The van der Waals surface area contributed by atoms with Gasteiger partial charge < -0.3 is 33.8 Å². The Bertz CT molecular complexity index is 2540. The lowest BCUT2D eigenvalue weighted by atomic mass is 10.1. The Labute approximate surface area is 630 Å². The first-order valence-corrected chi connectivity index (χ1v) is 43.1. The number of aliphatic hydroxyl groups is 1. The van der Waals surface area contributed by atoms with Gasteiger partial charge >= 0.3 is 39.5 Å². The van der Waals surface area contributed by atoms with E-state index in [1.54, 1.807) is 0 Å². The first-order valence-electron chi connectivity index (χ1n) is 40.1. The Hall–Kier alpha value is -5.06. The molecule has 0 heterocycles. The standard InChI is InChI=1S/C85H142O17P2/c1-5-9-13-17-21-25-29-33-36-38-39-41-44-47-50-54-58-62-66-70-83(88)96-76-81(102-85(90)72-68-64-60-56-52-48-42-35-31-27-23-19-15-11-7-3)78-100-104(93,94)98-74-79(86)73-97-103(91,92)99-77-80(101-84(89)71-67-63-59-55-51-45-32-28-24-20-16-12-8-4)75-95-82(87)69-65-61-57-53-49-46-43-40-37-34-30-26-22-18-14-10-6-2/h9-11,13-15,21-23,25-28,32-37,39,41-43,46,79-81,86H,5-8,12,16-20,24,29-31,38,40,44-45,47-78H2,1-4H3,(H,91,92)(H,93,94)/b13-9-,14-10-,15-11-,25-21-,26-22-,27-23-,32-28-,36-33-,37-34-,41-39-,42-35-,46-43-. The van der Waals surface area contributed by atoms with Gasteiger partial charge in [0.25, 0.3) is 0 Å². The summed E-state index contributed by atoms with van der Waals surface area (Å²) in [6, 6.07) is 0. The van der Waals surface area contributed by atoms with Crippen LogP contribution in [0.4, 0.5) is 0 Å². The number of aliphatic hydroxyl groups excluding tert-OH is 1. The zero-order valence-electron chi connectivity index (χ0n) is 64.9. The highest BCUT2D eigenvalue weighted by molar-refractivity contribution is 7.47. The molecule has 0 aromatic carbocycles. The van der Waals surface area contributed by atoms with Crippen LogP contribution in [0.2, 0.25) is 0 Å². The molecule has 0 amide bonds. The normalized spacial score (nSPS) is 14.6. The minimum atomic E-state index is -4.99. The second-order valence-corrected chi connectivity index (χ2v) is 29.1. The van der Waals surface area contributed by atoms with Crippen molar-refractivity contribution in [3.8, 4) is 0 Å². The smallest absolute Gasteiger partial charge is 0.462 e. The number of carbonyl (C=O) groups excluding carboxylic acids is 4. The molecule has 3 N–H and O–H groups in total. The van der Waals surface area contributed by atoms with E-state index >= 15 is 0 Å².